The van der Waals surface area contributed by atoms with E-state index in [0.717, 1.165) is 42.0 Å². The molecule has 26 heavy (non-hydrogen) atoms. The minimum absolute atomic E-state index is 0.0449. The molecule has 132 valence electrons. The summed E-state index contributed by atoms with van der Waals surface area (Å²) in [4.78, 5) is 16.7. The van der Waals surface area contributed by atoms with E-state index < -0.39 is 0 Å². The second-order valence-electron chi connectivity index (χ2n) is 6.70. The number of pyridine rings is 1. The van der Waals surface area contributed by atoms with Crippen LogP contribution in [0.5, 0.6) is 0 Å². The lowest BCUT2D eigenvalue weighted by atomic mass is 10.0. The first kappa shape index (κ1) is 16.5. The number of rotatable bonds is 4. The lowest BCUT2D eigenvalue weighted by Gasteiger charge is -2.14. The van der Waals surface area contributed by atoms with Crippen LogP contribution in [0.1, 0.15) is 52.3 Å². The number of benzene rings is 1. The Hall–Kier alpha value is -2.95. The molecule has 1 aliphatic carbocycles. The van der Waals surface area contributed by atoms with Gasteiger partial charge in [-0.2, -0.15) is 0 Å². The summed E-state index contributed by atoms with van der Waals surface area (Å²) in [6, 6.07) is 11.9. The van der Waals surface area contributed by atoms with Crippen LogP contribution >= 0.6 is 0 Å². The highest BCUT2D eigenvalue weighted by Gasteiger charge is 2.25. The first-order chi connectivity index (χ1) is 12.6. The van der Waals surface area contributed by atoms with Crippen LogP contribution in [0.3, 0.4) is 0 Å². The van der Waals surface area contributed by atoms with E-state index in [4.69, 9.17) is 4.52 Å². The van der Waals surface area contributed by atoms with Gasteiger partial charge in [0.25, 0.3) is 5.91 Å². The number of amides is 1. The zero-order valence-corrected chi connectivity index (χ0v) is 15.0. The third-order valence-electron chi connectivity index (χ3n) is 4.89. The Morgan fingerprint density at radius 2 is 2.15 bits per heavy atom. The molecule has 2 heterocycles. The Kier molecular flexibility index (Phi) is 4.29. The summed E-state index contributed by atoms with van der Waals surface area (Å²) in [5, 5.41) is 7.30. The van der Waals surface area contributed by atoms with Crippen LogP contribution < -0.4 is 5.32 Å². The topological polar surface area (TPSA) is 68.0 Å². The molecule has 2 aromatic heterocycles. The molecule has 3 aromatic rings. The summed E-state index contributed by atoms with van der Waals surface area (Å²) in [5.41, 5.74) is 5.87. The Bertz CT molecular complexity index is 961. The molecule has 0 saturated heterocycles. The molecular weight excluding hydrogens is 326 g/mol. The average Bonchev–Trinajstić information content (AvgIpc) is 3.28. The zero-order valence-electron chi connectivity index (χ0n) is 15.0. The maximum Gasteiger partial charge on any atom is 0.251 e. The number of fused-ring (bicyclic) bond motifs is 1. The van der Waals surface area contributed by atoms with E-state index in [1.165, 1.54) is 11.1 Å². The average molecular weight is 347 g/mol. The van der Waals surface area contributed by atoms with Crippen molar-refractivity contribution in [1.82, 2.24) is 15.5 Å². The highest BCUT2D eigenvalue weighted by atomic mass is 16.5. The number of hydrogen-bond donors (Lipinski definition) is 1. The summed E-state index contributed by atoms with van der Waals surface area (Å²) in [6.07, 6.45) is 4.36. The molecule has 1 aliphatic rings. The van der Waals surface area contributed by atoms with E-state index in [9.17, 15) is 4.79 Å². The number of nitrogens with one attached hydrogen (secondary N) is 1. The number of aryl methyl sites for hydroxylation is 3. The van der Waals surface area contributed by atoms with Gasteiger partial charge in [0.1, 0.15) is 11.5 Å². The highest BCUT2D eigenvalue weighted by molar-refractivity contribution is 5.94. The maximum absolute atomic E-state index is 12.5. The maximum atomic E-state index is 12.5. The minimum atomic E-state index is -0.0542. The monoisotopic (exact) mass is 347 g/mol. The van der Waals surface area contributed by atoms with Crippen molar-refractivity contribution in [3.63, 3.8) is 0 Å². The zero-order chi connectivity index (χ0) is 18.1. The van der Waals surface area contributed by atoms with Crippen LogP contribution in [0.4, 0.5) is 0 Å². The first-order valence-electron chi connectivity index (χ1n) is 8.96. The van der Waals surface area contributed by atoms with Gasteiger partial charge in [-0.05, 0) is 49.1 Å². The number of carbonyl (C=O) groups is 1. The fourth-order valence-corrected chi connectivity index (χ4v) is 3.47. The Balaban J connectivity index is 1.53. The van der Waals surface area contributed by atoms with Gasteiger partial charge < -0.3 is 9.84 Å². The fraction of sp³-hybridized carbons (Fsp3) is 0.286. The highest BCUT2D eigenvalue weighted by Crippen LogP contribution is 2.34. The summed E-state index contributed by atoms with van der Waals surface area (Å²) in [7, 11) is 0. The molecule has 0 aliphatic heterocycles. The molecule has 0 spiro atoms. The molecule has 0 radical (unpaired) electrons. The van der Waals surface area contributed by atoms with Crippen LogP contribution in [0.15, 0.2) is 47.1 Å². The molecule has 4 rings (SSSR count). The second kappa shape index (κ2) is 6.75. The summed E-state index contributed by atoms with van der Waals surface area (Å²) < 4.78 is 5.31. The van der Waals surface area contributed by atoms with Gasteiger partial charge in [0.05, 0.1) is 6.04 Å². The Morgan fingerprint density at radius 1 is 1.27 bits per heavy atom. The van der Waals surface area contributed by atoms with E-state index in [2.05, 4.69) is 33.7 Å². The van der Waals surface area contributed by atoms with E-state index in [-0.39, 0.29) is 11.9 Å². The van der Waals surface area contributed by atoms with E-state index >= 15 is 0 Å². The lowest BCUT2D eigenvalue weighted by molar-refractivity contribution is 0.0936. The van der Waals surface area contributed by atoms with Gasteiger partial charge in [-0.1, -0.05) is 24.2 Å². The van der Waals surface area contributed by atoms with Crippen molar-refractivity contribution in [3.8, 4) is 11.3 Å². The van der Waals surface area contributed by atoms with Crippen LogP contribution in [-0.4, -0.2) is 16.0 Å². The van der Waals surface area contributed by atoms with Crippen molar-refractivity contribution in [2.24, 2.45) is 0 Å². The van der Waals surface area contributed by atoms with Gasteiger partial charge in [-0.25, -0.2) is 0 Å². The molecule has 0 saturated carbocycles. The molecular formula is C21H21N3O2. The van der Waals surface area contributed by atoms with Gasteiger partial charge >= 0.3 is 0 Å². The van der Waals surface area contributed by atoms with E-state index in [0.29, 0.717) is 5.56 Å². The Morgan fingerprint density at radius 3 is 2.92 bits per heavy atom. The molecule has 1 amide bonds. The van der Waals surface area contributed by atoms with Crippen molar-refractivity contribution < 1.29 is 9.32 Å². The van der Waals surface area contributed by atoms with Crippen molar-refractivity contribution in [3.05, 3.63) is 70.7 Å². The van der Waals surface area contributed by atoms with Gasteiger partial charge in [-0.15, -0.1) is 0 Å². The fourth-order valence-electron chi connectivity index (χ4n) is 3.47. The number of hydrogen-bond acceptors (Lipinski definition) is 4. The first-order valence-corrected chi connectivity index (χ1v) is 8.96. The van der Waals surface area contributed by atoms with Crippen molar-refractivity contribution in [2.75, 3.05) is 0 Å². The molecule has 0 bridgehead atoms. The van der Waals surface area contributed by atoms with E-state index in [1.54, 1.807) is 12.3 Å². The minimum Gasteiger partial charge on any atom is -0.361 e. The number of aromatic nitrogens is 2. The lowest BCUT2D eigenvalue weighted by Crippen LogP contribution is -2.27. The van der Waals surface area contributed by atoms with Gasteiger partial charge in [0.2, 0.25) is 0 Å². The predicted octanol–water partition coefficient (Wildman–Crippen LogP) is 4.02. The molecule has 5 nitrogen and oxygen atoms in total. The molecule has 1 unspecified atom stereocenters. The second-order valence-corrected chi connectivity index (χ2v) is 6.70. The third-order valence-corrected chi connectivity index (χ3v) is 4.89. The molecule has 1 atom stereocenters. The SMILES string of the molecule is CCc1cc(-c2ccc3c(c2)CCC3NC(=O)c2ccnc(C)c2)no1. The largest absolute Gasteiger partial charge is 0.361 e. The summed E-state index contributed by atoms with van der Waals surface area (Å²) in [5.74, 6) is 0.833. The summed E-state index contributed by atoms with van der Waals surface area (Å²) >= 11 is 0. The molecule has 1 N–H and O–H groups in total. The van der Waals surface area contributed by atoms with Gasteiger partial charge in [0, 0.05) is 35.5 Å². The van der Waals surface area contributed by atoms with Crippen LogP contribution in [-0.2, 0) is 12.8 Å². The Labute approximate surface area is 152 Å². The normalized spacial score (nSPS) is 15.7. The molecule has 1 aromatic carbocycles. The van der Waals surface area contributed by atoms with Crippen molar-refractivity contribution >= 4 is 5.91 Å². The van der Waals surface area contributed by atoms with Crippen molar-refractivity contribution in [1.29, 1.82) is 0 Å². The molecule has 5 heteroatoms. The standard InChI is InChI=1S/C21H21N3O2/c1-3-17-12-20(24-26-17)15-4-6-18-14(11-15)5-7-19(18)23-21(25)16-8-9-22-13(2)10-16/h4,6,8-12,19H,3,5,7H2,1-2H3,(H,23,25). The van der Waals surface area contributed by atoms with E-state index in [1.807, 2.05) is 26.0 Å². The predicted molar refractivity (Wildman–Crippen MR) is 98.8 cm³/mol. The third kappa shape index (κ3) is 3.12. The molecule has 0 fully saturated rings. The quantitative estimate of drug-likeness (QED) is 0.774. The summed E-state index contributed by atoms with van der Waals surface area (Å²) in [6.45, 7) is 3.93. The van der Waals surface area contributed by atoms with Gasteiger partial charge in [0.15, 0.2) is 0 Å². The van der Waals surface area contributed by atoms with Crippen LogP contribution in [0.2, 0.25) is 0 Å². The van der Waals surface area contributed by atoms with Crippen LogP contribution in [0, 0.1) is 6.92 Å². The van der Waals surface area contributed by atoms with Crippen molar-refractivity contribution in [2.45, 2.75) is 39.2 Å². The van der Waals surface area contributed by atoms with Crippen LogP contribution in [0.25, 0.3) is 11.3 Å². The number of nitrogens with zero attached hydrogens (tertiary/aromatic N) is 2. The number of carbonyl (C=O) groups excluding carboxylic acids is 1. The van der Waals surface area contributed by atoms with Gasteiger partial charge in [-0.3, -0.25) is 9.78 Å². The smallest absolute Gasteiger partial charge is 0.251 e.